The minimum absolute atomic E-state index is 0.0265. The summed E-state index contributed by atoms with van der Waals surface area (Å²) in [5, 5.41) is 0. The van der Waals surface area contributed by atoms with Crippen LogP contribution in [0.25, 0.3) is 0 Å². The number of hydrogen-bond donors (Lipinski definition) is 0. The van der Waals surface area contributed by atoms with E-state index in [1.54, 1.807) is 4.31 Å². The second-order valence-corrected chi connectivity index (χ2v) is 10.7. The molecule has 0 spiro atoms. The molecular formula is C20H32BrFN4O2S. The van der Waals surface area contributed by atoms with E-state index >= 15 is 0 Å². The molecule has 1 atom stereocenters. The molecule has 6 nitrogen and oxygen atoms in total. The van der Waals surface area contributed by atoms with Gasteiger partial charge in [-0.3, -0.25) is 4.39 Å². The zero-order chi connectivity index (χ0) is 21.0. The van der Waals surface area contributed by atoms with Crippen molar-refractivity contribution in [3.8, 4) is 0 Å². The van der Waals surface area contributed by atoms with E-state index in [4.69, 9.17) is 0 Å². The summed E-state index contributed by atoms with van der Waals surface area (Å²) in [6.45, 7) is 8.84. The summed E-state index contributed by atoms with van der Waals surface area (Å²) in [7, 11) is -3.61. The van der Waals surface area contributed by atoms with Gasteiger partial charge in [-0.2, -0.15) is 4.31 Å². The van der Waals surface area contributed by atoms with Crippen molar-refractivity contribution in [1.29, 1.82) is 0 Å². The lowest BCUT2D eigenvalue weighted by Gasteiger charge is -2.25. The Balaban J connectivity index is 1.73. The van der Waals surface area contributed by atoms with E-state index in [1.807, 2.05) is 18.7 Å². The summed E-state index contributed by atoms with van der Waals surface area (Å²) in [6.07, 6.45) is 5.58. The van der Waals surface area contributed by atoms with Gasteiger partial charge in [-0.05, 0) is 73.7 Å². The molecule has 0 saturated carbocycles. The number of sulfonamides is 1. The van der Waals surface area contributed by atoms with E-state index in [2.05, 4.69) is 25.8 Å². The van der Waals surface area contributed by atoms with Gasteiger partial charge < -0.3 is 9.80 Å². The number of likely N-dealkylation sites (tertiary alicyclic amines) is 1. The molecule has 2 aliphatic heterocycles. The fourth-order valence-corrected chi connectivity index (χ4v) is 6.61. The van der Waals surface area contributed by atoms with E-state index in [0.29, 0.717) is 35.5 Å². The highest BCUT2D eigenvalue weighted by Crippen LogP contribution is 2.35. The van der Waals surface area contributed by atoms with Crippen LogP contribution in [0.1, 0.15) is 38.2 Å². The van der Waals surface area contributed by atoms with E-state index in [9.17, 15) is 12.8 Å². The van der Waals surface area contributed by atoms with Crippen LogP contribution < -0.4 is 4.90 Å². The van der Waals surface area contributed by atoms with Crippen LogP contribution in [0, 0.1) is 12.8 Å². The highest BCUT2D eigenvalue weighted by atomic mass is 79.9. The molecule has 3 heterocycles. The normalized spacial score (nSPS) is 20.9. The van der Waals surface area contributed by atoms with Crippen LogP contribution in [0.3, 0.4) is 0 Å². The number of anilines is 1. The molecule has 1 aromatic heterocycles. The molecule has 3 rings (SSSR count). The number of rotatable bonds is 9. The van der Waals surface area contributed by atoms with E-state index in [0.717, 1.165) is 39.0 Å². The maximum absolute atomic E-state index is 13.3. The second kappa shape index (κ2) is 10.0. The molecule has 9 heteroatoms. The number of hydrogen-bond acceptors (Lipinski definition) is 5. The highest BCUT2D eigenvalue weighted by Gasteiger charge is 2.30. The van der Waals surface area contributed by atoms with Crippen molar-refractivity contribution in [2.45, 2.75) is 44.4 Å². The SMILES string of the molecule is CCN(CCCN1CCCC1)S(=O)(=O)c1cnc(N2CCC(CF)C2)c(Br)c1C. The van der Waals surface area contributed by atoms with Gasteiger partial charge in [-0.25, -0.2) is 13.4 Å². The average molecular weight is 491 g/mol. The smallest absolute Gasteiger partial charge is 0.244 e. The topological polar surface area (TPSA) is 56.8 Å². The summed E-state index contributed by atoms with van der Waals surface area (Å²) in [5.41, 5.74) is 0.664. The molecule has 0 aliphatic carbocycles. The lowest BCUT2D eigenvalue weighted by Crippen LogP contribution is -2.34. The predicted octanol–water partition coefficient (Wildman–Crippen LogP) is 3.44. The Morgan fingerprint density at radius 2 is 2.03 bits per heavy atom. The van der Waals surface area contributed by atoms with E-state index in [1.165, 1.54) is 19.0 Å². The molecular weight excluding hydrogens is 459 g/mol. The van der Waals surface area contributed by atoms with Gasteiger partial charge in [0.2, 0.25) is 10.0 Å². The van der Waals surface area contributed by atoms with Gasteiger partial charge in [0.15, 0.2) is 0 Å². The molecule has 0 bridgehead atoms. The van der Waals surface area contributed by atoms with Crippen LogP contribution >= 0.6 is 15.9 Å². The van der Waals surface area contributed by atoms with Gasteiger partial charge in [-0.15, -0.1) is 0 Å². The average Bonchev–Trinajstić information content (AvgIpc) is 3.38. The fraction of sp³-hybridized carbons (Fsp3) is 0.750. The van der Waals surface area contributed by atoms with Crippen molar-refractivity contribution in [3.63, 3.8) is 0 Å². The fourth-order valence-electron chi connectivity index (χ4n) is 4.24. The Bertz CT molecular complexity index is 802. The first-order valence-corrected chi connectivity index (χ1v) is 12.8. The van der Waals surface area contributed by atoms with Gasteiger partial charge in [0, 0.05) is 38.3 Å². The monoisotopic (exact) mass is 490 g/mol. The van der Waals surface area contributed by atoms with Gasteiger partial charge in [0.05, 0.1) is 11.1 Å². The number of aromatic nitrogens is 1. The van der Waals surface area contributed by atoms with Crippen molar-refractivity contribution in [1.82, 2.24) is 14.2 Å². The van der Waals surface area contributed by atoms with Crippen LogP contribution in [0.2, 0.25) is 0 Å². The zero-order valence-electron chi connectivity index (χ0n) is 17.4. The molecule has 1 aromatic rings. The minimum atomic E-state index is -3.61. The summed E-state index contributed by atoms with van der Waals surface area (Å²) < 4.78 is 41.8. The number of halogens is 2. The quantitative estimate of drug-likeness (QED) is 0.530. The van der Waals surface area contributed by atoms with Crippen molar-refractivity contribution in [2.24, 2.45) is 5.92 Å². The Labute approximate surface area is 182 Å². The van der Waals surface area contributed by atoms with E-state index in [-0.39, 0.29) is 17.5 Å². The van der Waals surface area contributed by atoms with Crippen LogP contribution in [0.15, 0.2) is 15.6 Å². The molecule has 1 unspecified atom stereocenters. The first-order chi connectivity index (χ1) is 13.9. The molecule has 0 radical (unpaired) electrons. The maximum atomic E-state index is 13.3. The Kier molecular flexibility index (Phi) is 7.92. The second-order valence-electron chi connectivity index (χ2n) is 8.04. The Morgan fingerprint density at radius 1 is 1.31 bits per heavy atom. The molecule has 29 heavy (non-hydrogen) atoms. The maximum Gasteiger partial charge on any atom is 0.244 e. The third kappa shape index (κ3) is 5.11. The first kappa shape index (κ1) is 22.9. The van der Waals surface area contributed by atoms with E-state index < -0.39 is 10.0 Å². The lowest BCUT2D eigenvalue weighted by atomic mass is 10.1. The van der Waals surface area contributed by atoms with Crippen molar-refractivity contribution in [3.05, 3.63) is 16.2 Å². The number of pyridine rings is 1. The van der Waals surface area contributed by atoms with Crippen molar-refractivity contribution >= 4 is 31.8 Å². The summed E-state index contributed by atoms with van der Waals surface area (Å²) >= 11 is 3.56. The van der Waals surface area contributed by atoms with Crippen LogP contribution in [0.4, 0.5) is 10.2 Å². The molecule has 2 saturated heterocycles. The summed E-state index contributed by atoms with van der Waals surface area (Å²) in [4.78, 5) is 9.14. The highest BCUT2D eigenvalue weighted by molar-refractivity contribution is 9.10. The largest absolute Gasteiger partial charge is 0.355 e. The molecule has 2 fully saturated rings. The van der Waals surface area contributed by atoms with Crippen LogP contribution in [-0.2, 0) is 10.0 Å². The molecule has 164 valence electrons. The first-order valence-electron chi connectivity index (χ1n) is 10.6. The standard InChI is InChI=1S/C20H32BrFN4O2S/c1-3-26(11-6-10-24-8-4-5-9-24)29(27,28)18-14-23-20(19(21)16(18)2)25-12-7-17(13-22)15-25/h14,17H,3-13,15H2,1-2H3. The minimum Gasteiger partial charge on any atom is -0.355 e. The molecule has 0 amide bonds. The van der Waals surface area contributed by atoms with Crippen molar-refractivity contribution < 1.29 is 12.8 Å². The van der Waals surface area contributed by atoms with Gasteiger partial charge in [0.25, 0.3) is 0 Å². The van der Waals surface area contributed by atoms with Crippen molar-refractivity contribution in [2.75, 3.05) is 57.4 Å². The van der Waals surface area contributed by atoms with Gasteiger partial charge in [-0.1, -0.05) is 6.92 Å². The summed E-state index contributed by atoms with van der Waals surface area (Å²) in [6, 6.07) is 0. The Hall–Kier alpha value is -0.770. The Morgan fingerprint density at radius 3 is 2.66 bits per heavy atom. The third-order valence-corrected chi connectivity index (χ3v) is 9.09. The molecule has 0 aromatic carbocycles. The van der Waals surface area contributed by atoms with Gasteiger partial charge >= 0.3 is 0 Å². The zero-order valence-corrected chi connectivity index (χ0v) is 19.8. The molecule has 2 aliphatic rings. The third-order valence-electron chi connectivity index (χ3n) is 6.05. The predicted molar refractivity (Wildman–Crippen MR) is 118 cm³/mol. The van der Waals surface area contributed by atoms with Gasteiger partial charge in [0.1, 0.15) is 10.7 Å². The van der Waals surface area contributed by atoms with Crippen LogP contribution in [-0.4, -0.2) is 75.1 Å². The molecule has 0 N–H and O–H groups in total. The summed E-state index contributed by atoms with van der Waals surface area (Å²) in [5.74, 6) is 0.730. The number of nitrogens with zero attached hydrogens (tertiary/aromatic N) is 4. The van der Waals surface area contributed by atoms with Crippen LogP contribution in [0.5, 0.6) is 0 Å². The lowest BCUT2D eigenvalue weighted by molar-refractivity contribution is 0.312. The number of alkyl halides is 1.